The lowest BCUT2D eigenvalue weighted by molar-refractivity contribution is -0.493. The van der Waals surface area contributed by atoms with Gasteiger partial charge in [-0.1, -0.05) is 17.1 Å². The van der Waals surface area contributed by atoms with E-state index in [1.807, 2.05) is 0 Å². The summed E-state index contributed by atoms with van der Waals surface area (Å²) in [6.07, 6.45) is 0. The Balaban J connectivity index is 3.04. The lowest BCUT2D eigenvalue weighted by atomic mass is 10.3. The van der Waals surface area contributed by atoms with E-state index >= 15 is 0 Å². The van der Waals surface area contributed by atoms with Crippen LogP contribution in [0.3, 0.4) is 0 Å². The Hall–Kier alpha value is -2.18. The minimum atomic E-state index is -0.907. The minimum Gasteiger partial charge on any atom is -0.368 e. The largest absolute Gasteiger partial charge is 0.368 e. The zero-order chi connectivity index (χ0) is 11.4. The van der Waals surface area contributed by atoms with Crippen LogP contribution in [0.4, 0.5) is 10.1 Å². The molecule has 0 saturated carbocycles. The Labute approximate surface area is 84.2 Å². The predicted molar refractivity (Wildman–Crippen MR) is 49.9 cm³/mol. The summed E-state index contributed by atoms with van der Waals surface area (Å²) in [5, 5.41) is 10.0. The van der Waals surface area contributed by atoms with E-state index in [-0.39, 0.29) is 5.69 Å². The fourth-order valence-corrected chi connectivity index (χ4v) is 1.04. The van der Waals surface area contributed by atoms with Gasteiger partial charge in [-0.15, -0.1) is 0 Å². The van der Waals surface area contributed by atoms with Crippen LogP contribution in [0.2, 0.25) is 0 Å². The Morgan fingerprint density at radius 3 is 2.60 bits per heavy atom. The number of halogens is 1. The predicted octanol–water partition coefficient (Wildman–Crippen LogP) is 0.309. The number of nitrogens with zero attached hydrogens (tertiary/aromatic N) is 2. The van der Waals surface area contributed by atoms with Crippen LogP contribution >= 0.6 is 0 Å². The number of hydrazine groups is 1. The first-order valence-corrected chi connectivity index (χ1v) is 3.97. The average Bonchev–Trinajstić information content (AvgIpc) is 2.15. The van der Waals surface area contributed by atoms with Crippen molar-refractivity contribution >= 4 is 11.6 Å². The fraction of sp³-hybridized carbons (Fsp3) is 0.125. The zero-order valence-electron chi connectivity index (χ0n) is 7.59. The molecule has 0 bridgehead atoms. The summed E-state index contributed by atoms with van der Waals surface area (Å²) in [4.78, 5) is 21.1. The molecule has 0 unspecified atom stereocenters. The Kier molecular flexibility index (Phi) is 3.17. The molecule has 0 fully saturated rings. The first-order valence-electron chi connectivity index (χ1n) is 3.97. The first-order chi connectivity index (χ1) is 7.02. The van der Waals surface area contributed by atoms with Crippen molar-refractivity contribution in [2.45, 2.75) is 0 Å². The lowest BCUT2D eigenvalue weighted by Crippen LogP contribution is -2.38. The molecular weight excluding hydrogens is 205 g/mol. The maximum Gasteiger partial charge on any atom is 0.243 e. The van der Waals surface area contributed by atoms with Crippen LogP contribution in [0, 0.1) is 15.9 Å². The van der Waals surface area contributed by atoms with Gasteiger partial charge in [0.2, 0.25) is 5.91 Å². The van der Waals surface area contributed by atoms with Crippen LogP contribution in [0.5, 0.6) is 0 Å². The Bertz CT molecular complexity index is 396. The number of para-hydroxylation sites is 1. The Morgan fingerprint density at radius 1 is 1.53 bits per heavy atom. The molecule has 0 radical (unpaired) electrons. The van der Waals surface area contributed by atoms with E-state index in [4.69, 9.17) is 5.73 Å². The second kappa shape index (κ2) is 4.36. The van der Waals surface area contributed by atoms with E-state index in [1.165, 1.54) is 18.2 Å². The minimum absolute atomic E-state index is 0.290. The number of nitrogens with two attached hydrogens (primary N) is 1. The van der Waals surface area contributed by atoms with E-state index in [1.54, 1.807) is 0 Å². The van der Waals surface area contributed by atoms with E-state index in [9.17, 15) is 19.3 Å². The molecule has 1 aromatic carbocycles. The third-order valence-corrected chi connectivity index (χ3v) is 1.63. The second-order valence-corrected chi connectivity index (χ2v) is 2.71. The van der Waals surface area contributed by atoms with Crippen molar-refractivity contribution in [2.24, 2.45) is 5.73 Å². The van der Waals surface area contributed by atoms with Gasteiger partial charge >= 0.3 is 0 Å². The van der Waals surface area contributed by atoms with E-state index in [0.717, 1.165) is 6.07 Å². The molecule has 0 aliphatic heterocycles. The molecule has 1 rings (SSSR count). The van der Waals surface area contributed by atoms with Gasteiger partial charge in [-0.25, -0.2) is 14.5 Å². The van der Waals surface area contributed by atoms with Crippen molar-refractivity contribution in [3.8, 4) is 0 Å². The smallest absolute Gasteiger partial charge is 0.243 e. The summed E-state index contributed by atoms with van der Waals surface area (Å²) in [7, 11) is 0. The topological polar surface area (TPSA) is 89.5 Å². The van der Waals surface area contributed by atoms with Crippen molar-refractivity contribution in [1.29, 1.82) is 0 Å². The molecule has 0 aliphatic rings. The highest BCUT2D eigenvalue weighted by Gasteiger charge is 2.22. The van der Waals surface area contributed by atoms with Crippen molar-refractivity contribution in [1.82, 2.24) is 0 Å². The van der Waals surface area contributed by atoms with Gasteiger partial charge in [0.15, 0.2) is 17.4 Å². The summed E-state index contributed by atoms with van der Waals surface area (Å²) < 4.78 is 13.2. The highest BCUT2D eigenvalue weighted by atomic mass is 19.1. The third kappa shape index (κ3) is 2.63. The summed E-state index contributed by atoms with van der Waals surface area (Å²) in [6.45, 7) is -0.673. The average molecular weight is 213 g/mol. The maximum absolute atomic E-state index is 13.2. The second-order valence-electron chi connectivity index (χ2n) is 2.71. The van der Waals surface area contributed by atoms with Gasteiger partial charge in [-0.05, 0) is 12.1 Å². The summed E-state index contributed by atoms with van der Waals surface area (Å²) >= 11 is 0. The fourth-order valence-electron chi connectivity index (χ4n) is 1.04. The van der Waals surface area contributed by atoms with E-state index < -0.39 is 23.3 Å². The van der Waals surface area contributed by atoms with Gasteiger partial charge < -0.3 is 5.73 Å². The molecule has 7 heteroatoms. The molecule has 15 heavy (non-hydrogen) atoms. The molecule has 1 amide bonds. The molecule has 0 aromatic heterocycles. The highest BCUT2D eigenvalue weighted by molar-refractivity contribution is 5.78. The lowest BCUT2D eigenvalue weighted by Gasteiger charge is -2.12. The summed E-state index contributed by atoms with van der Waals surface area (Å²) in [6, 6.07) is 5.07. The summed E-state index contributed by atoms with van der Waals surface area (Å²) in [5.74, 6) is -1.69. The van der Waals surface area contributed by atoms with Gasteiger partial charge in [0.1, 0.15) is 5.69 Å². The third-order valence-electron chi connectivity index (χ3n) is 1.63. The molecule has 0 aliphatic carbocycles. The van der Waals surface area contributed by atoms with Gasteiger partial charge in [-0.2, -0.15) is 0 Å². The van der Waals surface area contributed by atoms with Crippen LogP contribution in [-0.4, -0.2) is 17.5 Å². The molecule has 6 nitrogen and oxygen atoms in total. The SMILES string of the molecule is NC(=O)CN(c1ccccc1F)[N+](=O)[O-]. The van der Waals surface area contributed by atoms with Crippen molar-refractivity contribution in [2.75, 3.05) is 11.6 Å². The number of amides is 1. The molecule has 2 N–H and O–H groups in total. The van der Waals surface area contributed by atoms with E-state index in [0.29, 0.717) is 5.01 Å². The van der Waals surface area contributed by atoms with Gasteiger partial charge in [0, 0.05) is 0 Å². The van der Waals surface area contributed by atoms with Crippen molar-refractivity contribution < 1.29 is 14.2 Å². The number of hydrogen-bond acceptors (Lipinski definition) is 3. The monoisotopic (exact) mass is 213 g/mol. The first kappa shape index (κ1) is 10.9. The highest BCUT2D eigenvalue weighted by Crippen LogP contribution is 2.17. The maximum atomic E-state index is 13.2. The Morgan fingerprint density at radius 2 is 2.13 bits per heavy atom. The number of carbonyl (C=O) groups excluding carboxylic acids is 1. The van der Waals surface area contributed by atoms with Crippen LogP contribution in [0.1, 0.15) is 0 Å². The van der Waals surface area contributed by atoms with E-state index in [2.05, 4.69) is 0 Å². The van der Waals surface area contributed by atoms with Gasteiger partial charge in [0.25, 0.3) is 0 Å². The van der Waals surface area contributed by atoms with Gasteiger partial charge in [0.05, 0.1) is 0 Å². The quantitative estimate of drug-likeness (QED) is 0.575. The normalized spacial score (nSPS) is 9.67. The molecule has 0 saturated heterocycles. The number of primary amides is 1. The molecule has 0 heterocycles. The van der Waals surface area contributed by atoms with Crippen LogP contribution in [0.15, 0.2) is 24.3 Å². The van der Waals surface area contributed by atoms with Crippen molar-refractivity contribution in [3.63, 3.8) is 0 Å². The standard InChI is InChI=1S/C8H8FN3O3/c9-6-3-1-2-4-7(6)11(12(14)15)5-8(10)13/h1-4H,5H2,(H2,10,13). The molecule has 0 spiro atoms. The molecule has 80 valence electrons. The van der Waals surface area contributed by atoms with Crippen LogP contribution in [0.25, 0.3) is 0 Å². The van der Waals surface area contributed by atoms with Gasteiger partial charge in [-0.3, -0.25) is 4.79 Å². The number of nitro groups is 1. The number of rotatable bonds is 4. The number of benzene rings is 1. The number of hydrogen-bond donors (Lipinski definition) is 1. The molecular formula is C8H8FN3O3. The zero-order valence-corrected chi connectivity index (χ0v) is 7.59. The number of carbonyl (C=O) groups is 1. The van der Waals surface area contributed by atoms with Crippen LogP contribution < -0.4 is 10.7 Å². The van der Waals surface area contributed by atoms with Crippen molar-refractivity contribution in [3.05, 3.63) is 40.2 Å². The summed E-state index contributed by atoms with van der Waals surface area (Å²) in [5.41, 5.74) is 4.52. The van der Waals surface area contributed by atoms with Crippen LogP contribution in [-0.2, 0) is 4.79 Å². The molecule has 1 aromatic rings. The molecule has 0 atom stereocenters. The number of anilines is 1.